The molecular formula is C21H28N6O2S. The number of nitrogens with zero attached hydrogens (tertiary/aromatic N) is 5. The van der Waals surface area contributed by atoms with Crippen molar-refractivity contribution in [2.75, 3.05) is 51.8 Å². The molecule has 0 atom stereocenters. The maximum atomic E-state index is 12.3. The van der Waals surface area contributed by atoms with E-state index in [-0.39, 0.29) is 12.5 Å². The molecule has 9 heteroatoms. The van der Waals surface area contributed by atoms with Crippen LogP contribution in [0.25, 0.3) is 16.0 Å². The van der Waals surface area contributed by atoms with Gasteiger partial charge in [0.15, 0.2) is 10.8 Å². The number of ether oxygens (including phenoxy) is 1. The first-order chi connectivity index (χ1) is 14.5. The van der Waals surface area contributed by atoms with Crippen molar-refractivity contribution in [1.29, 1.82) is 0 Å². The highest BCUT2D eigenvalue weighted by atomic mass is 32.1. The standard InChI is InChI=1S/C21H28N6O2S/c1-15-19-20(27(24-15)16-6-8-17(29-3)9-7-16)23-21(30-19)25(2)14-18(28)22-10-13-26-11-4-5-12-26/h6-9H,4-5,10-14H2,1-3H3,(H,22,28). The lowest BCUT2D eigenvalue weighted by molar-refractivity contribution is -0.119. The number of carbonyl (C=O) groups excluding carboxylic acids is 1. The molecule has 0 spiro atoms. The second kappa shape index (κ2) is 9.01. The van der Waals surface area contributed by atoms with Crippen LogP contribution in [0.4, 0.5) is 5.13 Å². The molecule has 0 unspecified atom stereocenters. The highest BCUT2D eigenvalue weighted by Crippen LogP contribution is 2.32. The fourth-order valence-corrected chi connectivity index (χ4v) is 4.64. The van der Waals surface area contributed by atoms with Crippen LogP contribution >= 0.6 is 11.3 Å². The summed E-state index contributed by atoms with van der Waals surface area (Å²) in [6.07, 6.45) is 2.53. The van der Waals surface area contributed by atoms with E-state index in [4.69, 9.17) is 9.72 Å². The molecule has 1 aliphatic heterocycles. The van der Waals surface area contributed by atoms with Crippen molar-refractivity contribution in [2.45, 2.75) is 19.8 Å². The maximum Gasteiger partial charge on any atom is 0.239 e. The minimum absolute atomic E-state index is 0.0180. The zero-order valence-corrected chi connectivity index (χ0v) is 18.5. The fourth-order valence-electron chi connectivity index (χ4n) is 3.69. The van der Waals surface area contributed by atoms with Crippen LogP contribution in [0.3, 0.4) is 0 Å². The molecule has 8 nitrogen and oxygen atoms in total. The Bertz CT molecular complexity index is 1010. The minimum Gasteiger partial charge on any atom is -0.497 e. The first kappa shape index (κ1) is 20.6. The third kappa shape index (κ3) is 4.41. The summed E-state index contributed by atoms with van der Waals surface area (Å²) in [7, 11) is 3.55. The largest absolute Gasteiger partial charge is 0.497 e. The Kier molecular flexibility index (Phi) is 6.19. The van der Waals surface area contributed by atoms with Crippen molar-refractivity contribution in [3.05, 3.63) is 30.0 Å². The van der Waals surface area contributed by atoms with E-state index in [1.165, 1.54) is 12.8 Å². The third-order valence-electron chi connectivity index (χ3n) is 5.35. The number of aryl methyl sites for hydroxylation is 1. The Balaban J connectivity index is 1.42. The summed E-state index contributed by atoms with van der Waals surface area (Å²) in [6, 6.07) is 7.73. The smallest absolute Gasteiger partial charge is 0.239 e. The highest BCUT2D eigenvalue weighted by molar-refractivity contribution is 7.22. The average molecular weight is 429 g/mol. The summed E-state index contributed by atoms with van der Waals surface area (Å²) < 4.78 is 8.11. The van der Waals surface area contributed by atoms with Gasteiger partial charge < -0.3 is 19.9 Å². The van der Waals surface area contributed by atoms with Crippen LogP contribution in [0.1, 0.15) is 18.5 Å². The molecule has 1 amide bonds. The van der Waals surface area contributed by atoms with Crippen molar-refractivity contribution < 1.29 is 9.53 Å². The van der Waals surface area contributed by atoms with Crippen LogP contribution < -0.4 is 15.0 Å². The Hall–Kier alpha value is -2.65. The first-order valence-corrected chi connectivity index (χ1v) is 11.1. The lowest BCUT2D eigenvalue weighted by atomic mass is 10.3. The van der Waals surface area contributed by atoms with Gasteiger partial charge in [-0.3, -0.25) is 4.79 Å². The third-order valence-corrected chi connectivity index (χ3v) is 6.62. The first-order valence-electron chi connectivity index (χ1n) is 10.3. The van der Waals surface area contributed by atoms with E-state index < -0.39 is 0 Å². The van der Waals surface area contributed by atoms with Crippen molar-refractivity contribution in [1.82, 2.24) is 25.0 Å². The number of hydrogen-bond acceptors (Lipinski definition) is 7. The van der Waals surface area contributed by atoms with Crippen LogP contribution in [-0.4, -0.2) is 72.5 Å². The number of amides is 1. The van der Waals surface area contributed by atoms with Gasteiger partial charge in [0.05, 0.1) is 29.7 Å². The predicted octanol–water partition coefficient (Wildman–Crippen LogP) is 2.45. The van der Waals surface area contributed by atoms with Crippen LogP contribution in [0, 0.1) is 6.92 Å². The van der Waals surface area contributed by atoms with E-state index in [0.717, 1.165) is 52.2 Å². The summed E-state index contributed by atoms with van der Waals surface area (Å²) in [4.78, 5) is 21.4. The van der Waals surface area contributed by atoms with Gasteiger partial charge in [-0.2, -0.15) is 10.1 Å². The molecule has 0 aliphatic carbocycles. The van der Waals surface area contributed by atoms with Crippen LogP contribution in [0.15, 0.2) is 24.3 Å². The SMILES string of the molecule is COc1ccc(-n2nc(C)c3sc(N(C)CC(=O)NCCN4CCCC4)nc32)cc1. The monoisotopic (exact) mass is 428 g/mol. The number of carbonyl (C=O) groups is 1. The summed E-state index contributed by atoms with van der Waals surface area (Å²) in [5, 5.41) is 8.47. The molecule has 0 saturated carbocycles. The highest BCUT2D eigenvalue weighted by Gasteiger charge is 2.18. The molecule has 0 bridgehead atoms. The van der Waals surface area contributed by atoms with Gasteiger partial charge >= 0.3 is 0 Å². The lowest BCUT2D eigenvalue weighted by Gasteiger charge is -2.17. The molecule has 1 aliphatic rings. The summed E-state index contributed by atoms with van der Waals surface area (Å²) in [6.45, 7) is 6.17. The molecule has 2 aromatic heterocycles. The van der Waals surface area contributed by atoms with Gasteiger partial charge in [0, 0.05) is 20.1 Å². The molecule has 1 saturated heterocycles. The van der Waals surface area contributed by atoms with Gasteiger partial charge in [0.25, 0.3) is 0 Å². The number of likely N-dealkylation sites (tertiary alicyclic amines) is 1. The number of fused-ring (bicyclic) bond motifs is 1. The quantitative estimate of drug-likeness (QED) is 0.594. The van der Waals surface area contributed by atoms with E-state index in [1.54, 1.807) is 18.4 Å². The number of hydrogen-bond donors (Lipinski definition) is 1. The molecule has 1 N–H and O–H groups in total. The zero-order chi connectivity index (χ0) is 21.1. The normalized spacial score (nSPS) is 14.4. The van der Waals surface area contributed by atoms with E-state index in [2.05, 4.69) is 15.3 Å². The zero-order valence-electron chi connectivity index (χ0n) is 17.7. The van der Waals surface area contributed by atoms with E-state index >= 15 is 0 Å². The van der Waals surface area contributed by atoms with Gasteiger partial charge in [0.1, 0.15) is 5.75 Å². The average Bonchev–Trinajstić information content (AvgIpc) is 3.47. The molecule has 1 fully saturated rings. The Morgan fingerprint density at radius 1 is 1.27 bits per heavy atom. The van der Waals surface area contributed by atoms with Crippen molar-refractivity contribution in [3.8, 4) is 11.4 Å². The van der Waals surface area contributed by atoms with Gasteiger partial charge in [-0.1, -0.05) is 11.3 Å². The van der Waals surface area contributed by atoms with Crippen LogP contribution in [0.5, 0.6) is 5.75 Å². The number of anilines is 1. The number of nitrogens with one attached hydrogen (secondary N) is 1. The van der Waals surface area contributed by atoms with Gasteiger partial charge in [0.2, 0.25) is 5.91 Å². The molecular weight excluding hydrogens is 400 g/mol. The summed E-state index contributed by atoms with van der Waals surface area (Å²) in [5.74, 6) is 0.817. The number of rotatable bonds is 8. The van der Waals surface area contributed by atoms with Crippen molar-refractivity contribution in [3.63, 3.8) is 0 Å². The lowest BCUT2D eigenvalue weighted by Crippen LogP contribution is -2.39. The topological polar surface area (TPSA) is 75.5 Å². The number of benzene rings is 1. The van der Waals surface area contributed by atoms with Gasteiger partial charge in [-0.05, 0) is 57.1 Å². The summed E-state index contributed by atoms with van der Waals surface area (Å²) in [5.41, 5.74) is 2.65. The molecule has 0 radical (unpaired) electrons. The number of methoxy groups -OCH3 is 1. The Morgan fingerprint density at radius 2 is 2.00 bits per heavy atom. The minimum atomic E-state index is 0.0180. The summed E-state index contributed by atoms with van der Waals surface area (Å²) >= 11 is 1.56. The molecule has 30 heavy (non-hydrogen) atoms. The Labute approximate surface area is 180 Å². The Morgan fingerprint density at radius 3 is 2.70 bits per heavy atom. The predicted molar refractivity (Wildman–Crippen MR) is 120 cm³/mol. The van der Waals surface area contributed by atoms with E-state index in [0.29, 0.717) is 6.54 Å². The number of likely N-dealkylation sites (N-methyl/N-ethyl adjacent to an activating group) is 1. The van der Waals surface area contributed by atoms with Crippen LogP contribution in [-0.2, 0) is 4.79 Å². The molecule has 1 aromatic carbocycles. The van der Waals surface area contributed by atoms with Crippen molar-refractivity contribution in [2.24, 2.45) is 0 Å². The molecule has 3 aromatic rings. The molecule has 3 heterocycles. The van der Waals surface area contributed by atoms with E-state index in [1.807, 2.05) is 47.8 Å². The maximum absolute atomic E-state index is 12.3. The van der Waals surface area contributed by atoms with E-state index in [9.17, 15) is 4.79 Å². The van der Waals surface area contributed by atoms with Gasteiger partial charge in [-0.25, -0.2) is 4.68 Å². The second-order valence-corrected chi connectivity index (χ2v) is 8.58. The molecule has 160 valence electrons. The number of aromatic nitrogens is 3. The van der Waals surface area contributed by atoms with Crippen LogP contribution in [0.2, 0.25) is 0 Å². The fraction of sp³-hybridized carbons (Fsp3) is 0.476. The van der Waals surface area contributed by atoms with Gasteiger partial charge in [-0.15, -0.1) is 0 Å². The number of thiazole rings is 1. The second-order valence-electron chi connectivity index (χ2n) is 7.60. The molecule has 4 rings (SSSR count). The van der Waals surface area contributed by atoms with Crippen molar-refractivity contribution >= 4 is 32.7 Å².